The average molecular weight is 495 g/mol. The van der Waals surface area contributed by atoms with Crippen molar-refractivity contribution in [2.45, 2.75) is 43.4 Å². The van der Waals surface area contributed by atoms with E-state index >= 15 is 0 Å². The van der Waals surface area contributed by atoms with Gasteiger partial charge in [0.1, 0.15) is 6.33 Å². The van der Waals surface area contributed by atoms with E-state index in [1.807, 2.05) is 12.1 Å². The first-order valence-corrected chi connectivity index (χ1v) is 12.5. The lowest BCUT2D eigenvalue weighted by Gasteiger charge is -2.35. The zero-order valence-electron chi connectivity index (χ0n) is 20.2. The molecule has 9 nitrogen and oxygen atoms in total. The summed E-state index contributed by atoms with van der Waals surface area (Å²) in [5, 5.41) is 22.7. The maximum atomic E-state index is 12.7. The van der Waals surface area contributed by atoms with Crippen molar-refractivity contribution in [3.8, 4) is 0 Å². The van der Waals surface area contributed by atoms with Crippen molar-refractivity contribution >= 4 is 23.4 Å². The van der Waals surface area contributed by atoms with Crippen LogP contribution < -0.4 is 5.32 Å². The van der Waals surface area contributed by atoms with E-state index in [1.165, 1.54) is 24.4 Å². The highest BCUT2D eigenvalue weighted by molar-refractivity contribution is 7.99. The topological polar surface area (TPSA) is 106 Å². The van der Waals surface area contributed by atoms with Crippen molar-refractivity contribution in [3.63, 3.8) is 0 Å². The van der Waals surface area contributed by atoms with Crippen molar-refractivity contribution in [2.24, 2.45) is 18.9 Å². The largest absolute Gasteiger partial charge is 0.348 e. The maximum absolute atomic E-state index is 12.7. The SMILES string of the molecule is CC1CC(C)CN(Cc2ccc(CNC(=O)c3ccc(Sc4nncn4C)c([N+](=O)[O-])c3)cc2)C1. The molecule has 0 spiro atoms. The first kappa shape index (κ1) is 24.9. The predicted octanol–water partition coefficient (Wildman–Crippen LogP) is 4.28. The van der Waals surface area contributed by atoms with Gasteiger partial charge >= 0.3 is 0 Å². The van der Waals surface area contributed by atoms with Crippen LogP contribution in [-0.2, 0) is 20.1 Å². The van der Waals surface area contributed by atoms with E-state index in [1.54, 1.807) is 23.7 Å². The standard InChI is InChI=1S/C25H30N6O3S/c1-17-10-18(2)14-30(13-17)15-20-6-4-19(5-7-20)12-26-24(32)21-8-9-23(22(11-21)31(33)34)35-25-28-27-16-29(25)3/h4-9,11,16-18H,10,12-15H2,1-3H3,(H,26,32). The van der Waals surface area contributed by atoms with E-state index in [4.69, 9.17) is 0 Å². The van der Waals surface area contributed by atoms with Crippen molar-refractivity contribution in [1.82, 2.24) is 25.0 Å². The lowest BCUT2D eigenvalue weighted by atomic mass is 9.91. The van der Waals surface area contributed by atoms with Crippen LogP contribution in [0.3, 0.4) is 0 Å². The van der Waals surface area contributed by atoms with E-state index < -0.39 is 4.92 Å². The van der Waals surface area contributed by atoms with Crippen LogP contribution >= 0.6 is 11.8 Å². The van der Waals surface area contributed by atoms with Crippen LogP contribution in [0.2, 0.25) is 0 Å². The molecule has 0 bridgehead atoms. The summed E-state index contributed by atoms with van der Waals surface area (Å²) in [5.41, 5.74) is 2.33. The molecular weight excluding hydrogens is 464 g/mol. The molecule has 2 aromatic carbocycles. The molecule has 0 aliphatic carbocycles. The van der Waals surface area contributed by atoms with Crippen LogP contribution in [0.1, 0.15) is 41.8 Å². The van der Waals surface area contributed by atoms with E-state index in [0.717, 1.165) is 48.8 Å². The third-order valence-corrected chi connectivity index (χ3v) is 7.23. The Kier molecular flexibility index (Phi) is 7.82. The highest BCUT2D eigenvalue weighted by Gasteiger charge is 2.22. The van der Waals surface area contributed by atoms with Crippen molar-refractivity contribution < 1.29 is 9.72 Å². The number of rotatable bonds is 8. The average Bonchev–Trinajstić information content (AvgIpc) is 3.22. The van der Waals surface area contributed by atoms with Crippen LogP contribution in [0.15, 0.2) is 58.8 Å². The molecule has 1 aliphatic rings. The normalized spacial score (nSPS) is 18.4. The smallest absolute Gasteiger partial charge is 0.284 e. The van der Waals surface area contributed by atoms with Gasteiger partial charge in [-0.25, -0.2) is 0 Å². The van der Waals surface area contributed by atoms with Crippen LogP contribution in [-0.4, -0.2) is 43.6 Å². The number of likely N-dealkylation sites (tertiary alicyclic amines) is 1. The summed E-state index contributed by atoms with van der Waals surface area (Å²) in [4.78, 5) is 26.7. The van der Waals surface area contributed by atoms with E-state index in [-0.39, 0.29) is 17.2 Å². The number of aromatic nitrogens is 3. The minimum Gasteiger partial charge on any atom is -0.348 e. The van der Waals surface area contributed by atoms with Gasteiger partial charge in [0.25, 0.3) is 11.6 Å². The molecule has 1 fully saturated rings. The number of piperidine rings is 1. The molecule has 3 aromatic rings. The molecule has 2 heterocycles. The Morgan fingerprint density at radius 2 is 1.83 bits per heavy atom. The van der Waals surface area contributed by atoms with Crippen LogP contribution in [0, 0.1) is 22.0 Å². The quantitative estimate of drug-likeness (QED) is 0.368. The predicted molar refractivity (Wildman–Crippen MR) is 134 cm³/mol. The van der Waals surface area contributed by atoms with Gasteiger partial charge in [-0.2, -0.15) is 0 Å². The molecule has 35 heavy (non-hydrogen) atoms. The summed E-state index contributed by atoms with van der Waals surface area (Å²) in [6.45, 7) is 8.17. The number of benzene rings is 2. The van der Waals surface area contributed by atoms with Crippen molar-refractivity contribution in [1.29, 1.82) is 0 Å². The van der Waals surface area contributed by atoms with Crippen molar-refractivity contribution in [3.05, 3.63) is 75.6 Å². The van der Waals surface area contributed by atoms with Crippen LogP contribution in [0.5, 0.6) is 0 Å². The minimum absolute atomic E-state index is 0.142. The highest BCUT2D eigenvalue weighted by Crippen LogP contribution is 2.34. The molecule has 10 heteroatoms. The molecule has 1 amide bonds. The number of hydrogen-bond donors (Lipinski definition) is 1. The van der Waals surface area contributed by atoms with E-state index in [0.29, 0.717) is 16.6 Å². The fourth-order valence-corrected chi connectivity index (χ4v) is 5.43. The van der Waals surface area contributed by atoms with Crippen molar-refractivity contribution in [2.75, 3.05) is 13.1 Å². The number of nitro benzene ring substituents is 1. The van der Waals surface area contributed by atoms with Crippen LogP contribution in [0.4, 0.5) is 5.69 Å². The summed E-state index contributed by atoms with van der Waals surface area (Å²) in [6.07, 6.45) is 2.82. The number of aryl methyl sites for hydroxylation is 1. The number of amides is 1. The van der Waals surface area contributed by atoms with Gasteiger partial charge in [-0.3, -0.25) is 19.8 Å². The van der Waals surface area contributed by atoms with Gasteiger partial charge in [-0.05, 0) is 53.3 Å². The Balaban J connectivity index is 1.36. The fraction of sp³-hybridized carbons (Fsp3) is 0.400. The molecule has 4 rings (SSSR count). The zero-order chi connectivity index (χ0) is 24.9. The zero-order valence-corrected chi connectivity index (χ0v) is 21.0. The second-order valence-corrected chi connectivity index (χ2v) is 10.4. The molecule has 1 aromatic heterocycles. The number of nitrogens with zero attached hydrogens (tertiary/aromatic N) is 5. The number of nitro groups is 1. The van der Waals surface area contributed by atoms with Crippen LogP contribution in [0.25, 0.3) is 0 Å². The molecule has 1 saturated heterocycles. The Hall–Kier alpha value is -3.24. The molecule has 2 unspecified atom stereocenters. The van der Waals surface area contributed by atoms with Gasteiger partial charge in [0.2, 0.25) is 0 Å². The van der Waals surface area contributed by atoms with Gasteiger partial charge in [-0.1, -0.05) is 38.1 Å². The second kappa shape index (κ2) is 11.0. The first-order valence-electron chi connectivity index (χ1n) is 11.7. The minimum atomic E-state index is -0.488. The maximum Gasteiger partial charge on any atom is 0.284 e. The summed E-state index contributed by atoms with van der Waals surface area (Å²) < 4.78 is 1.67. The molecular formula is C25H30N6O3S. The number of carbonyl (C=O) groups excluding carboxylic acids is 1. The third-order valence-electron chi connectivity index (χ3n) is 6.12. The second-order valence-electron chi connectivity index (χ2n) is 9.41. The highest BCUT2D eigenvalue weighted by atomic mass is 32.2. The summed E-state index contributed by atoms with van der Waals surface area (Å²) in [5.74, 6) is 1.09. The number of carbonyl (C=O) groups is 1. The molecule has 2 atom stereocenters. The monoisotopic (exact) mass is 494 g/mol. The summed E-state index contributed by atoms with van der Waals surface area (Å²) in [7, 11) is 1.76. The molecule has 184 valence electrons. The molecule has 1 aliphatic heterocycles. The third kappa shape index (κ3) is 6.46. The number of nitrogens with one attached hydrogen (secondary N) is 1. The van der Waals surface area contributed by atoms with Gasteiger partial charge < -0.3 is 9.88 Å². The first-order chi connectivity index (χ1) is 16.8. The Bertz CT molecular complexity index is 1190. The summed E-state index contributed by atoms with van der Waals surface area (Å²) >= 11 is 1.13. The molecule has 1 N–H and O–H groups in total. The lowest BCUT2D eigenvalue weighted by Crippen LogP contribution is -2.38. The molecule has 0 saturated carbocycles. The van der Waals surface area contributed by atoms with E-state index in [9.17, 15) is 14.9 Å². The Morgan fingerprint density at radius 1 is 1.14 bits per heavy atom. The van der Waals surface area contributed by atoms with Gasteiger partial charge in [0, 0.05) is 44.9 Å². The van der Waals surface area contributed by atoms with E-state index in [2.05, 4.69) is 46.4 Å². The Morgan fingerprint density at radius 3 is 2.46 bits per heavy atom. The molecule has 0 radical (unpaired) electrons. The lowest BCUT2D eigenvalue weighted by molar-refractivity contribution is -0.387. The fourth-order valence-electron chi connectivity index (χ4n) is 4.58. The Labute approximate surface area is 209 Å². The van der Waals surface area contributed by atoms with Gasteiger partial charge in [0.05, 0.1) is 9.82 Å². The number of hydrogen-bond acceptors (Lipinski definition) is 7. The van der Waals surface area contributed by atoms with Gasteiger partial charge in [0.15, 0.2) is 5.16 Å². The summed E-state index contributed by atoms with van der Waals surface area (Å²) in [6, 6.07) is 12.7. The van der Waals surface area contributed by atoms with Gasteiger partial charge in [-0.15, -0.1) is 10.2 Å².